The number of unbranched alkanes of at least 4 members (excludes halogenated alkanes) is 30. The number of hydrogen-bond donors (Lipinski definition) is 0. The number of allylic oxidation sites excluding steroid dienone is 2. The molecule has 0 aromatic carbocycles. The molecule has 0 heterocycles. The van der Waals surface area contributed by atoms with Gasteiger partial charge in [0.25, 0.3) is 0 Å². The summed E-state index contributed by atoms with van der Waals surface area (Å²) in [4.78, 5) is 37.5. The van der Waals surface area contributed by atoms with Gasteiger partial charge in [0.2, 0.25) is 0 Å². The molecule has 6 nitrogen and oxygen atoms in total. The van der Waals surface area contributed by atoms with Gasteiger partial charge in [-0.2, -0.15) is 0 Å². The van der Waals surface area contributed by atoms with Crippen LogP contribution in [0.3, 0.4) is 0 Å². The number of ether oxygens (including phenoxy) is 3. The first kappa shape index (κ1) is 52.2. The fraction of sp³-hybridized carbons (Fsp3) is 0.896. The topological polar surface area (TPSA) is 78.9 Å². The molecule has 0 aliphatic rings. The van der Waals surface area contributed by atoms with Crippen LogP contribution in [0.1, 0.15) is 258 Å². The van der Waals surface area contributed by atoms with E-state index < -0.39 is 6.10 Å². The molecular formula is C48H90O6. The highest BCUT2D eigenvalue weighted by Crippen LogP contribution is 2.16. The van der Waals surface area contributed by atoms with Crippen LogP contribution in [-0.2, 0) is 28.6 Å². The van der Waals surface area contributed by atoms with E-state index in [4.69, 9.17) is 14.2 Å². The van der Waals surface area contributed by atoms with Crippen molar-refractivity contribution in [1.82, 2.24) is 0 Å². The lowest BCUT2D eigenvalue weighted by Gasteiger charge is -2.18. The van der Waals surface area contributed by atoms with Gasteiger partial charge < -0.3 is 14.2 Å². The maximum atomic E-state index is 12.6. The zero-order chi connectivity index (χ0) is 39.4. The van der Waals surface area contributed by atoms with Crippen LogP contribution in [0.15, 0.2) is 12.2 Å². The molecule has 0 aliphatic heterocycles. The van der Waals surface area contributed by atoms with Gasteiger partial charge in [0.15, 0.2) is 6.10 Å². The van der Waals surface area contributed by atoms with Gasteiger partial charge in [0, 0.05) is 19.3 Å². The largest absolute Gasteiger partial charge is 0.462 e. The molecule has 0 saturated carbocycles. The van der Waals surface area contributed by atoms with Gasteiger partial charge in [-0.3, -0.25) is 14.4 Å². The van der Waals surface area contributed by atoms with E-state index >= 15 is 0 Å². The van der Waals surface area contributed by atoms with E-state index in [9.17, 15) is 14.4 Å². The normalized spacial score (nSPS) is 12.0. The summed E-state index contributed by atoms with van der Waals surface area (Å²) >= 11 is 0. The Labute approximate surface area is 335 Å². The van der Waals surface area contributed by atoms with Crippen LogP contribution in [0.5, 0.6) is 0 Å². The van der Waals surface area contributed by atoms with Crippen molar-refractivity contribution < 1.29 is 28.6 Å². The average molecular weight is 763 g/mol. The molecule has 1 atom stereocenters. The van der Waals surface area contributed by atoms with Crippen LogP contribution >= 0.6 is 0 Å². The molecule has 1 unspecified atom stereocenters. The van der Waals surface area contributed by atoms with Crippen LogP contribution in [0.25, 0.3) is 0 Å². The third-order valence-electron chi connectivity index (χ3n) is 10.5. The summed E-state index contributed by atoms with van der Waals surface area (Å²) in [5, 5.41) is 0. The van der Waals surface area contributed by atoms with Gasteiger partial charge in [0.05, 0.1) is 0 Å². The van der Waals surface area contributed by atoms with E-state index in [2.05, 4.69) is 32.9 Å². The maximum Gasteiger partial charge on any atom is 0.306 e. The minimum atomic E-state index is -0.764. The van der Waals surface area contributed by atoms with Crippen molar-refractivity contribution in [3.05, 3.63) is 12.2 Å². The van der Waals surface area contributed by atoms with Crippen LogP contribution in [0, 0.1) is 0 Å². The summed E-state index contributed by atoms with van der Waals surface area (Å²) in [6, 6.07) is 0. The van der Waals surface area contributed by atoms with E-state index in [1.165, 1.54) is 141 Å². The number of rotatable bonds is 43. The minimum absolute atomic E-state index is 0.0698. The summed E-state index contributed by atoms with van der Waals surface area (Å²) in [5.41, 5.74) is 0. The Morgan fingerprint density at radius 2 is 0.648 bits per heavy atom. The first-order valence-electron chi connectivity index (χ1n) is 23.7. The number of carbonyl (C=O) groups excluding carboxylic acids is 3. The molecule has 0 saturated heterocycles. The summed E-state index contributed by atoms with van der Waals surface area (Å²) in [6.07, 6.45) is 46.6. The van der Waals surface area contributed by atoms with Gasteiger partial charge in [-0.1, -0.05) is 213 Å². The van der Waals surface area contributed by atoms with E-state index in [1.807, 2.05) is 0 Å². The highest BCUT2D eigenvalue weighted by atomic mass is 16.6. The molecule has 0 rings (SSSR count). The molecule has 318 valence electrons. The lowest BCUT2D eigenvalue weighted by Crippen LogP contribution is -2.30. The van der Waals surface area contributed by atoms with Crippen LogP contribution < -0.4 is 0 Å². The Kier molecular flexibility index (Phi) is 42.4. The van der Waals surface area contributed by atoms with Crippen molar-refractivity contribution in [3.8, 4) is 0 Å². The van der Waals surface area contributed by atoms with Crippen molar-refractivity contribution >= 4 is 17.9 Å². The van der Waals surface area contributed by atoms with E-state index in [1.54, 1.807) is 0 Å². The SMILES string of the molecule is CCC/C=C\CCCCCCCC(=O)OC(COC(=O)CCCCCCCC)COC(=O)CCCCCCCCCCCCCCCCCCCCCC. The minimum Gasteiger partial charge on any atom is -0.462 e. The van der Waals surface area contributed by atoms with Crippen molar-refractivity contribution in [2.24, 2.45) is 0 Å². The molecule has 0 N–H and O–H groups in total. The van der Waals surface area contributed by atoms with Crippen molar-refractivity contribution in [2.45, 2.75) is 264 Å². The van der Waals surface area contributed by atoms with Crippen LogP contribution in [0.4, 0.5) is 0 Å². The first-order chi connectivity index (χ1) is 26.5. The van der Waals surface area contributed by atoms with Gasteiger partial charge in [-0.25, -0.2) is 0 Å². The first-order valence-corrected chi connectivity index (χ1v) is 23.7. The molecule has 0 aromatic rings. The molecule has 54 heavy (non-hydrogen) atoms. The third-order valence-corrected chi connectivity index (χ3v) is 10.5. The van der Waals surface area contributed by atoms with Crippen molar-refractivity contribution in [2.75, 3.05) is 13.2 Å². The zero-order valence-corrected chi connectivity index (χ0v) is 36.3. The van der Waals surface area contributed by atoms with E-state index in [0.29, 0.717) is 19.3 Å². The third kappa shape index (κ3) is 41.3. The van der Waals surface area contributed by atoms with Gasteiger partial charge >= 0.3 is 17.9 Å². The van der Waals surface area contributed by atoms with Crippen molar-refractivity contribution in [3.63, 3.8) is 0 Å². The molecule has 0 amide bonds. The molecule has 0 aliphatic carbocycles. The fourth-order valence-electron chi connectivity index (χ4n) is 6.92. The predicted molar refractivity (Wildman–Crippen MR) is 229 cm³/mol. The number of carbonyl (C=O) groups is 3. The van der Waals surface area contributed by atoms with Crippen molar-refractivity contribution in [1.29, 1.82) is 0 Å². The standard InChI is InChI=1S/C48H90O6/c1-4-7-10-13-16-18-20-21-22-23-24-25-26-27-28-29-31-32-35-38-41-47(50)53-44-45(43-52-46(49)40-37-34-15-12-9-6-3)54-48(51)42-39-36-33-30-19-17-14-11-8-5-2/h11,14,45H,4-10,12-13,15-44H2,1-3H3/b14-11-. The Balaban J connectivity index is 4.10. The van der Waals surface area contributed by atoms with Crippen LogP contribution in [0.2, 0.25) is 0 Å². The summed E-state index contributed by atoms with van der Waals surface area (Å²) < 4.78 is 16.6. The summed E-state index contributed by atoms with van der Waals surface area (Å²) in [7, 11) is 0. The average Bonchev–Trinajstić information content (AvgIpc) is 3.17. The number of hydrogen-bond acceptors (Lipinski definition) is 6. The summed E-state index contributed by atoms with van der Waals surface area (Å²) in [6.45, 7) is 6.53. The van der Waals surface area contributed by atoms with Gasteiger partial charge in [0.1, 0.15) is 13.2 Å². The second-order valence-electron chi connectivity index (χ2n) is 16.0. The summed E-state index contributed by atoms with van der Waals surface area (Å²) in [5.74, 6) is -0.882. The lowest BCUT2D eigenvalue weighted by atomic mass is 10.0. The molecule has 0 fully saturated rings. The lowest BCUT2D eigenvalue weighted by molar-refractivity contribution is -0.167. The smallest absolute Gasteiger partial charge is 0.306 e. The second-order valence-corrected chi connectivity index (χ2v) is 16.0. The molecule has 6 heteroatoms. The molecule has 0 spiro atoms. The Bertz CT molecular complexity index is 839. The van der Waals surface area contributed by atoms with E-state index in [-0.39, 0.29) is 31.1 Å². The Morgan fingerprint density at radius 1 is 0.352 bits per heavy atom. The fourth-order valence-corrected chi connectivity index (χ4v) is 6.92. The molecule has 0 aromatic heterocycles. The zero-order valence-electron chi connectivity index (χ0n) is 36.3. The van der Waals surface area contributed by atoms with Gasteiger partial charge in [-0.05, 0) is 38.5 Å². The van der Waals surface area contributed by atoms with E-state index in [0.717, 1.165) is 77.0 Å². The highest BCUT2D eigenvalue weighted by molar-refractivity contribution is 5.71. The maximum absolute atomic E-state index is 12.6. The molecule has 0 radical (unpaired) electrons. The van der Waals surface area contributed by atoms with Crippen LogP contribution in [-0.4, -0.2) is 37.2 Å². The monoisotopic (exact) mass is 763 g/mol. The number of esters is 3. The Morgan fingerprint density at radius 3 is 1.00 bits per heavy atom. The molecule has 0 bridgehead atoms. The quantitative estimate of drug-likeness (QED) is 0.0266. The second kappa shape index (κ2) is 43.9. The van der Waals surface area contributed by atoms with Gasteiger partial charge in [-0.15, -0.1) is 0 Å². The predicted octanol–water partition coefficient (Wildman–Crippen LogP) is 15.0. The molecular weight excluding hydrogens is 673 g/mol. The highest BCUT2D eigenvalue weighted by Gasteiger charge is 2.19. The Hall–Kier alpha value is -1.85.